The van der Waals surface area contributed by atoms with Crippen molar-refractivity contribution in [1.29, 1.82) is 0 Å². The minimum absolute atomic E-state index is 0.0305. The number of hydrogen-bond acceptors (Lipinski definition) is 3. The van der Waals surface area contributed by atoms with E-state index in [1.165, 1.54) is 0 Å². The number of para-hydroxylation sites is 2. The molecule has 0 saturated heterocycles. The first kappa shape index (κ1) is 15.7. The van der Waals surface area contributed by atoms with Gasteiger partial charge in [-0.25, -0.2) is 18.1 Å². The lowest BCUT2D eigenvalue weighted by Crippen LogP contribution is -2.26. The van der Waals surface area contributed by atoms with E-state index < -0.39 is 10.0 Å². The minimum atomic E-state index is -3.40. The second-order valence-corrected chi connectivity index (χ2v) is 7.45. The lowest BCUT2D eigenvalue weighted by Gasteiger charge is -2.07. The van der Waals surface area contributed by atoms with E-state index in [2.05, 4.69) is 9.71 Å². The van der Waals surface area contributed by atoms with Crippen molar-refractivity contribution in [3.63, 3.8) is 0 Å². The van der Waals surface area contributed by atoms with Gasteiger partial charge < -0.3 is 4.57 Å². The van der Waals surface area contributed by atoms with Crippen LogP contribution in [0, 0.1) is 6.92 Å². The van der Waals surface area contributed by atoms with Gasteiger partial charge in [0.25, 0.3) is 0 Å². The quantitative estimate of drug-likeness (QED) is 0.782. The Balaban J connectivity index is 1.73. The summed E-state index contributed by atoms with van der Waals surface area (Å²) in [7, 11) is -1.52. The molecular weight excluding hydrogens is 310 g/mol. The molecule has 23 heavy (non-hydrogen) atoms. The molecule has 2 aromatic carbocycles. The molecule has 1 heterocycles. The number of sulfonamides is 1. The molecule has 0 aliphatic carbocycles. The van der Waals surface area contributed by atoms with E-state index in [4.69, 9.17) is 0 Å². The fraction of sp³-hybridized carbons (Fsp3) is 0.235. The highest BCUT2D eigenvalue weighted by Gasteiger charge is 2.14. The minimum Gasteiger partial charge on any atom is -0.330 e. The van der Waals surface area contributed by atoms with Crippen LogP contribution >= 0.6 is 0 Å². The number of fused-ring (bicyclic) bond motifs is 1. The summed E-state index contributed by atoms with van der Waals surface area (Å²) < 4.78 is 29.0. The van der Waals surface area contributed by atoms with E-state index in [0.717, 1.165) is 22.2 Å². The third-order valence-corrected chi connectivity index (χ3v) is 5.10. The van der Waals surface area contributed by atoms with Crippen LogP contribution < -0.4 is 4.72 Å². The van der Waals surface area contributed by atoms with Gasteiger partial charge in [0.05, 0.1) is 23.3 Å². The Kier molecular flexibility index (Phi) is 4.19. The normalized spacial score (nSPS) is 11.9. The van der Waals surface area contributed by atoms with Gasteiger partial charge in [0, 0.05) is 7.05 Å². The van der Waals surface area contributed by atoms with Crippen molar-refractivity contribution in [3.05, 3.63) is 65.5 Å². The average molecular weight is 329 g/mol. The molecule has 0 fully saturated rings. The molecule has 1 aromatic heterocycles. The molecular formula is C17H19N3O2S. The fourth-order valence-electron chi connectivity index (χ4n) is 2.48. The van der Waals surface area contributed by atoms with Crippen LogP contribution in [0.25, 0.3) is 11.0 Å². The lowest BCUT2D eigenvalue weighted by atomic mass is 10.2. The molecule has 0 aliphatic rings. The van der Waals surface area contributed by atoms with E-state index >= 15 is 0 Å². The number of imidazole rings is 1. The Morgan fingerprint density at radius 3 is 2.48 bits per heavy atom. The summed E-state index contributed by atoms with van der Waals surface area (Å²) in [5.74, 6) is 0.663. The van der Waals surface area contributed by atoms with Gasteiger partial charge in [0.2, 0.25) is 10.0 Å². The second kappa shape index (κ2) is 6.14. The molecule has 0 bridgehead atoms. The zero-order chi connectivity index (χ0) is 16.4. The molecule has 3 rings (SSSR count). The first-order valence-corrected chi connectivity index (χ1v) is 9.03. The van der Waals surface area contributed by atoms with E-state index in [1.807, 2.05) is 67.1 Å². The smallest absolute Gasteiger partial charge is 0.216 e. The number of aromatic nitrogens is 2. The summed E-state index contributed by atoms with van der Waals surface area (Å²) in [6.07, 6.45) is 0. The number of benzene rings is 2. The van der Waals surface area contributed by atoms with Crippen molar-refractivity contribution >= 4 is 21.1 Å². The highest BCUT2D eigenvalue weighted by atomic mass is 32.2. The van der Waals surface area contributed by atoms with Crippen LogP contribution in [0.15, 0.2) is 48.5 Å². The van der Waals surface area contributed by atoms with Crippen LogP contribution in [0.3, 0.4) is 0 Å². The van der Waals surface area contributed by atoms with Crippen molar-refractivity contribution < 1.29 is 8.42 Å². The Labute approximate surface area is 136 Å². The summed E-state index contributed by atoms with van der Waals surface area (Å²) in [5, 5.41) is 0. The molecule has 0 aliphatic heterocycles. The van der Waals surface area contributed by atoms with E-state index in [0.29, 0.717) is 5.82 Å². The van der Waals surface area contributed by atoms with Crippen LogP contribution in [-0.2, 0) is 29.4 Å². The van der Waals surface area contributed by atoms with Gasteiger partial charge in [-0.15, -0.1) is 0 Å². The van der Waals surface area contributed by atoms with Gasteiger partial charge in [-0.05, 0) is 24.6 Å². The van der Waals surface area contributed by atoms with Gasteiger partial charge in [0.1, 0.15) is 5.82 Å². The topological polar surface area (TPSA) is 64.0 Å². The number of hydrogen-bond donors (Lipinski definition) is 1. The fourth-order valence-corrected chi connectivity index (χ4v) is 3.57. The summed E-state index contributed by atoms with van der Waals surface area (Å²) in [6, 6.07) is 15.2. The summed E-state index contributed by atoms with van der Waals surface area (Å²) in [6.45, 7) is 2.15. The molecule has 5 nitrogen and oxygen atoms in total. The first-order chi connectivity index (χ1) is 10.9. The van der Waals surface area contributed by atoms with Gasteiger partial charge in [-0.2, -0.15) is 0 Å². The van der Waals surface area contributed by atoms with Gasteiger partial charge >= 0.3 is 0 Å². The van der Waals surface area contributed by atoms with Crippen LogP contribution in [0.5, 0.6) is 0 Å². The summed E-state index contributed by atoms with van der Waals surface area (Å²) >= 11 is 0. The van der Waals surface area contributed by atoms with Crippen molar-refractivity contribution in [2.75, 3.05) is 0 Å². The summed E-state index contributed by atoms with van der Waals surface area (Å²) in [5.41, 5.74) is 3.73. The van der Waals surface area contributed by atoms with Gasteiger partial charge in [0.15, 0.2) is 0 Å². The molecule has 1 N–H and O–H groups in total. The molecule has 6 heteroatoms. The zero-order valence-electron chi connectivity index (χ0n) is 13.2. The molecule has 0 amide bonds. The predicted octanol–water partition coefficient (Wildman–Crippen LogP) is 2.50. The molecule has 3 aromatic rings. The molecule has 0 spiro atoms. The Morgan fingerprint density at radius 1 is 1.09 bits per heavy atom. The zero-order valence-corrected chi connectivity index (χ0v) is 14.0. The van der Waals surface area contributed by atoms with Crippen molar-refractivity contribution in [3.8, 4) is 0 Å². The highest BCUT2D eigenvalue weighted by molar-refractivity contribution is 7.88. The molecule has 0 atom stereocenters. The summed E-state index contributed by atoms with van der Waals surface area (Å²) in [4.78, 5) is 4.47. The first-order valence-electron chi connectivity index (χ1n) is 7.38. The standard InChI is InChI=1S/C17H19N3O2S/c1-13-7-9-14(10-8-13)12-23(21,22)18-11-17-19-15-5-3-4-6-16(15)20(17)2/h3-10,18H,11-12H2,1-2H3. The molecule has 0 saturated carbocycles. The predicted molar refractivity (Wildman–Crippen MR) is 91.4 cm³/mol. The SMILES string of the molecule is Cc1ccc(CS(=O)(=O)NCc2nc3ccccc3n2C)cc1. The third kappa shape index (κ3) is 3.60. The van der Waals surface area contributed by atoms with Crippen LogP contribution in [0.2, 0.25) is 0 Å². The lowest BCUT2D eigenvalue weighted by molar-refractivity contribution is 0.577. The van der Waals surface area contributed by atoms with Crippen LogP contribution in [0.4, 0.5) is 0 Å². The van der Waals surface area contributed by atoms with Crippen molar-refractivity contribution in [1.82, 2.24) is 14.3 Å². The molecule has 0 radical (unpaired) electrons. The monoisotopic (exact) mass is 329 g/mol. The molecule has 120 valence electrons. The maximum absolute atomic E-state index is 12.2. The Morgan fingerprint density at radius 2 is 1.78 bits per heavy atom. The maximum atomic E-state index is 12.2. The van der Waals surface area contributed by atoms with Crippen molar-refractivity contribution in [2.45, 2.75) is 19.2 Å². The second-order valence-electron chi connectivity index (χ2n) is 5.64. The maximum Gasteiger partial charge on any atom is 0.216 e. The van der Waals surface area contributed by atoms with Crippen LogP contribution in [-0.4, -0.2) is 18.0 Å². The number of nitrogens with one attached hydrogen (secondary N) is 1. The van der Waals surface area contributed by atoms with Crippen molar-refractivity contribution in [2.24, 2.45) is 7.05 Å². The number of nitrogens with zero attached hydrogens (tertiary/aromatic N) is 2. The number of aryl methyl sites for hydroxylation is 2. The van der Waals surface area contributed by atoms with Gasteiger partial charge in [-0.1, -0.05) is 42.0 Å². The largest absolute Gasteiger partial charge is 0.330 e. The van der Waals surface area contributed by atoms with E-state index in [-0.39, 0.29) is 12.3 Å². The average Bonchev–Trinajstić information content (AvgIpc) is 2.84. The number of rotatable bonds is 5. The van der Waals surface area contributed by atoms with E-state index in [1.54, 1.807) is 0 Å². The Bertz CT molecular complexity index is 928. The third-order valence-electron chi connectivity index (χ3n) is 3.81. The highest BCUT2D eigenvalue weighted by Crippen LogP contribution is 2.14. The Hall–Kier alpha value is -2.18. The van der Waals surface area contributed by atoms with E-state index in [9.17, 15) is 8.42 Å². The van der Waals surface area contributed by atoms with Gasteiger partial charge in [-0.3, -0.25) is 0 Å². The van der Waals surface area contributed by atoms with Crippen LogP contribution in [0.1, 0.15) is 17.0 Å². The molecule has 0 unspecified atom stereocenters.